The number of rotatable bonds is 2. The molecule has 1 fully saturated rings. The number of ether oxygens (including phenoxy) is 1. The van der Waals surface area contributed by atoms with E-state index in [4.69, 9.17) is 4.74 Å². The van der Waals surface area contributed by atoms with E-state index in [-0.39, 0.29) is 17.6 Å². The Bertz CT molecular complexity index is 379. The zero-order valence-corrected chi connectivity index (χ0v) is 9.55. The van der Waals surface area contributed by atoms with E-state index < -0.39 is 0 Å². The Balaban J connectivity index is 2.11. The maximum absolute atomic E-state index is 9.42. The fourth-order valence-corrected chi connectivity index (χ4v) is 1.81. The summed E-state index contributed by atoms with van der Waals surface area (Å²) in [4.78, 5) is 2.22. The SMILES string of the molecule is CC(C)N1CO[C@H](c2ccc(O)c(O)c2)C1. The highest BCUT2D eigenvalue weighted by Gasteiger charge is 2.26. The summed E-state index contributed by atoms with van der Waals surface area (Å²) < 4.78 is 5.64. The van der Waals surface area contributed by atoms with Gasteiger partial charge in [0, 0.05) is 12.6 Å². The fourth-order valence-electron chi connectivity index (χ4n) is 1.81. The second-order valence-electron chi connectivity index (χ2n) is 4.40. The van der Waals surface area contributed by atoms with Crippen molar-refractivity contribution in [2.45, 2.75) is 26.0 Å². The second kappa shape index (κ2) is 4.31. The standard InChI is InChI=1S/C12H17NO3/c1-8(2)13-6-12(16-7-13)9-3-4-10(14)11(15)5-9/h3-5,8,12,14-15H,6-7H2,1-2H3/t12-/m0/s1. The smallest absolute Gasteiger partial charge is 0.157 e. The van der Waals surface area contributed by atoms with Crippen LogP contribution in [0.1, 0.15) is 25.5 Å². The lowest BCUT2D eigenvalue weighted by Crippen LogP contribution is -2.27. The van der Waals surface area contributed by atoms with Crippen molar-refractivity contribution in [2.75, 3.05) is 13.3 Å². The van der Waals surface area contributed by atoms with E-state index in [2.05, 4.69) is 18.7 Å². The summed E-state index contributed by atoms with van der Waals surface area (Å²) >= 11 is 0. The fraction of sp³-hybridized carbons (Fsp3) is 0.500. The third-order valence-corrected chi connectivity index (χ3v) is 2.94. The largest absolute Gasteiger partial charge is 0.504 e. The van der Waals surface area contributed by atoms with Crippen LogP contribution in [0.15, 0.2) is 18.2 Å². The lowest BCUT2D eigenvalue weighted by atomic mass is 10.1. The molecule has 2 rings (SSSR count). The predicted molar refractivity (Wildman–Crippen MR) is 60.3 cm³/mol. The van der Waals surface area contributed by atoms with Crippen LogP contribution in [0.25, 0.3) is 0 Å². The number of hydrogen-bond donors (Lipinski definition) is 2. The van der Waals surface area contributed by atoms with Crippen LogP contribution >= 0.6 is 0 Å². The van der Waals surface area contributed by atoms with Gasteiger partial charge in [-0.2, -0.15) is 0 Å². The minimum absolute atomic E-state index is 0.0195. The van der Waals surface area contributed by atoms with Crippen LogP contribution in [0.5, 0.6) is 11.5 Å². The van der Waals surface area contributed by atoms with Gasteiger partial charge >= 0.3 is 0 Å². The molecule has 16 heavy (non-hydrogen) atoms. The summed E-state index contributed by atoms with van der Waals surface area (Å²) in [5.74, 6) is -0.188. The van der Waals surface area contributed by atoms with Gasteiger partial charge in [-0.1, -0.05) is 6.07 Å². The second-order valence-corrected chi connectivity index (χ2v) is 4.40. The highest BCUT2D eigenvalue weighted by Crippen LogP contribution is 2.32. The number of hydrogen-bond acceptors (Lipinski definition) is 4. The average molecular weight is 223 g/mol. The van der Waals surface area contributed by atoms with Crippen molar-refractivity contribution in [3.63, 3.8) is 0 Å². The first-order valence-corrected chi connectivity index (χ1v) is 5.45. The van der Waals surface area contributed by atoms with E-state index in [9.17, 15) is 10.2 Å². The van der Waals surface area contributed by atoms with Crippen molar-refractivity contribution < 1.29 is 14.9 Å². The molecular weight excluding hydrogens is 206 g/mol. The van der Waals surface area contributed by atoms with Crippen molar-refractivity contribution in [3.8, 4) is 11.5 Å². The van der Waals surface area contributed by atoms with Crippen molar-refractivity contribution >= 4 is 0 Å². The van der Waals surface area contributed by atoms with Crippen LogP contribution in [-0.4, -0.2) is 34.4 Å². The normalized spacial score (nSPS) is 21.8. The topological polar surface area (TPSA) is 52.9 Å². The number of phenolic OH excluding ortho intramolecular Hbond substituents is 2. The first-order chi connectivity index (χ1) is 7.58. The van der Waals surface area contributed by atoms with E-state index in [1.54, 1.807) is 12.1 Å². The van der Waals surface area contributed by atoms with Gasteiger partial charge in [0.2, 0.25) is 0 Å². The van der Waals surface area contributed by atoms with Crippen LogP contribution in [0.2, 0.25) is 0 Å². The molecule has 0 aliphatic carbocycles. The predicted octanol–water partition coefficient (Wildman–Crippen LogP) is 1.84. The monoisotopic (exact) mass is 223 g/mol. The number of phenols is 2. The molecule has 4 heteroatoms. The van der Waals surface area contributed by atoms with Gasteiger partial charge < -0.3 is 14.9 Å². The zero-order valence-electron chi connectivity index (χ0n) is 9.55. The van der Waals surface area contributed by atoms with E-state index in [1.165, 1.54) is 6.07 Å². The molecule has 0 amide bonds. The lowest BCUT2D eigenvalue weighted by molar-refractivity contribution is 0.0818. The Morgan fingerprint density at radius 3 is 2.62 bits per heavy atom. The molecule has 0 saturated carbocycles. The van der Waals surface area contributed by atoms with Crippen LogP contribution < -0.4 is 0 Å². The first-order valence-electron chi connectivity index (χ1n) is 5.45. The summed E-state index contributed by atoms with van der Waals surface area (Å²) in [7, 11) is 0. The molecule has 0 bridgehead atoms. The molecule has 1 aliphatic rings. The van der Waals surface area contributed by atoms with Gasteiger partial charge in [0.05, 0.1) is 6.10 Å². The van der Waals surface area contributed by atoms with Crippen molar-refractivity contribution in [2.24, 2.45) is 0 Å². The Morgan fingerprint density at radius 2 is 2.06 bits per heavy atom. The van der Waals surface area contributed by atoms with Gasteiger partial charge in [0.25, 0.3) is 0 Å². The van der Waals surface area contributed by atoms with Crippen LogP contribution in [0.4, 0.5) is 0 Å². The molecule has 1 aromatic rings. The molecule has 1 atom stereocenters. The van der Waals surface area contributed by atoms with Gasteiger partial charge in [-0.15, -0.1) is 0 Å². The Labute approximate surface area is 95.1 Å². The Morgan fingerprint density at radius 1 is 1.31 bits per heavy atom. The first kappa shape index (κ1) is 11.2. The molecule has 4 nitrogen and oxygen atoms in total. The molecule has 1 aliphatic heterocycles. The van der Waals surface area contributed by atoms with Crippen molar-refractivity contribution in [1.82, 2.24) is 4.90 Å². The highest BCUT2D eigenvalue weighted by molar-refractivity contribution is 5.41. The summed E-state index contributed by atoms with van der Waals surface area (Å²) in [6.45, 7) is 5.69. The molecular formula is C12H17NO3. The molecule has 0 aromatic heterocycles. The number of benzene rings is 1. The molecule has 0 unspecified atom stereocenters. The summed E-state index contributed by atoms with van der Waals surface area (Å²) in [6.07, 6.45) is -0.0195. The van der Waals surface area contributed by atoms with Gasteiger partial charge in [0.1, 0.15) is 6.73 Å². The average Bonchev–Trinajstić information content (AvgIpc) is 2.71. The maximum atomic E-state index is 9.42. The van der Waals surface area contributed by atoms with Crippen molar-refractivity contribution in [3.05, 3.63) is 23.8 Å². The number of aromatic hydroxyl groups is 2. The van der Waals surface area contributed by atoms with Gasteiger partial charge in [0.15, 0.2) is 11.5 Å². The van der Waals surface area contributed by atoms with E-state index in [0.29, 0.717) is 12.8 Å². The quantitative estimate of drug-likeness (QED) is 0.751. The molecule has 1 aromatic carbocycles. The third kappa shape index (κ3) is 2.13. The molecule has 0 radical (unpaired) electrons. The molecule has 0 spiro atoms. The maximum Gasteiger partial charge on any atom is 0.157 e. The Hall–Kier alpha value is -1.26. The third-order valence-electron chi connectivity index (χ3n) is 2.94. The van der Waals surface area contributed by atoms with Crippen LogP contribution in [0.3, 0.4) is 0 Å². The van der Waals surface area contributed by atoms with Crippen molar-refractivity contribution in [1.29, 1.82) is 0 Å². The lowest BCUT2D eigenvalue weighted by Gasteiger charge is -2.17. The van der Waals surface area contributed by atoms with Gasteiger partial charge in [-0.3, -0.25) is 4.90 Å². The zero-order chi connectivity index (χ0) is 11.7. The van der Waals surface area contributed by atoms with Gasteiger partial charge in [-0.05, 0) is 31.5 Å². The minimum Gasteiger partial charge on any atom is -0.504 e. The summed E-state index contributed by atoms with van der Waals surface area (Å²) in [5.41, 5.74) is 0.901. The Kier molecular flexibility index (Phi) is 3.03. The molecule has 1 saturated heterocycles. The highest BCUT2D eigenvalue weighted by atomic mass is 16.5. The van der Waals surface area contributed by atoms with Crippen LogP contribution in [-0.2, 0) is 4.74 Å². The van der Waals surface area contributed by atoms with E-state index in [1.807, 2.05) is 0 Å². The molecule has 1 heterocycles. The molecule has 2 N–H and O–H groups in total. The minimum atomic E-state index is -0.0949. The van der Waals surface area contributed by atoms with E-state index >= 15 is 0 Å². The van der Waals surface area contributed by atoms with Crippen LogP contribution in [0, 0.1) is 0 Å². The van der Waals surface area contributed by atoms with E-state index in [0.717, 1.165) is 12.1 Å². The summed E-state index contributed by atoms with van der Waals surface area (Å²) in [6, 6.07) is 5.29. The summed E-state index contributed by atoms with van der Waals surface area (Å²) in [5, 5.41) is 18.6. The van der Waals surface area contributed by atoms with Gasteiger partial charge in [-0.25, -0.2) is 0 Å². The molecule has 88 valence electrons. The number of nitrogens with zero attached hydrogens (tertiary/aromatic N) is 1.